The van der Waals surface area contributed by atoms with Gasteiger partial charge in [-0.1, -0.05) is 146 Å². The second-order valence-electron chi connectivity index (χ2n) is 13.6. The molecule has 0 aliphatic rings. The van der Waals surface area contributed by atoms with Crippen molar-refractivity contribution in [2.75, 3.05) is 0 Å². The van der Waals surface area contributed by atoms with Gasteiger partial charge in [0, 0.05) is 16.5 Å². The molecule has 246 valence electrons. The largest absolute Gasteiger partial charge is 0.309 e. The summed E-state index contributed by atoms with van der Waals surface area (Å²) in [5, 5.41) is 17.6. The van der Waals surface area contributed by atoms with Gasteiger partial charge in [0.1, 0.15) is 0 Å². The van der Waals surface area contributed by atoms with Crippen molar-refractivity contribution in [3.8, 4) is 56.3 Å². The maximum Gasteiger partial charge on any atom is 0.0992 e. The quantitative estimate of drug-likeness (QED) is 0.167. The molecule has 0 aliphatic heterocycles. The Morgan fingerprint density at radius 2 is 0.736 bits per heavy atom. The molecule has 9 aromatic carbocycles. The van der Waals surface area contributed by atoms with E-state index in [-0.39, 0.29) is 0 Å². The predicted molar refractivity (Wildman–Crippen MR) is 222 cm³/mol. The molecule has 0 radical (unpaired) electrons. The minimum atomic E-state index is 0.636. The topological polar surface area (TPSA) is 28.7 Å². The van der Waals surface area contributed by atoms with Crippen LogP contribution < -0.4 is 0 Å². The number of aromatic nitrogens is 1. The molecule has 0 aliphatic carbocycles. The molecular weight excluding hydrogens is 641 g/mol. The van der Waals surface area contributed by atoms with Gasteiger partial charge in [0.2, 0.25) is 0 Å². The van der Waals surface area contributed by atoms with Crippen molar-refractivity contribution < 1.29 is 0 Å². The lowest BCUT2D eigenvalue weighted by molar-refractivity contribution is 1.18. The summed E-state index contributed by atoms with van der Waals surface area (Å²) in [5.41, 5.74) is 13.1. The number of hydrogen-bond donors (Lipinski definition) is 0. The number of fused-ring (bicyclic) bond motifs is 5. The molecule has 0 saturated heterocycles. The summed E-state index contributed by atoms with van der Waals surface area (Å²) < 4.78 is 2.36. The summed E-state index contributed by atoms with van der Waals surface area (Å²) in [6.45, 7) is 0. The Balaban J connectivity index is 1.13. The molecule has 0 bridgehead atoms. The van der Waals surface area contributed by atoms with Crippen LogP contribution in [0.15, 0.2) is 194 Å². The maximum absolute atomic E-state index is 10.4. The second kappa shape index (κ2) is 12.5. The molecule has 0 atom stereocenters. The number of hydrogen-bond acceptors (Lipinski definition) is 1. The summed E-state index contributed by atoms with van der Waals surface area (Å²) in [6, 6.07) is 71.5. The van der Waals surface area contributed by atoms with E-state index in [2.05, 4.69) is 193 Å². The first-order valence-corrected chi connectivity index (χ1v) is 18.0. The average molecular weight is 673 g/mol. The first-order valence-electron chi connectivity index (χ1n) is 18.0. The van der Waals surface area contributed by atoms with E-state index in [0.717, 1.165) is 39.1 Å². The van der Waals surface area contributed by atoms with E-state index in [9.17, 15) is 5.26 Å². The van der Waals surface area contributed by atoms with Crippen LogP contribution >= 0.6 is 0 Å². The van der Waals surface area contributed by atoms with E-state index in [1.54, 1.807) is 0 Å². The number of rotatable bonds is 5. The van der Waals surface area contributed by atoms with E-state index in [1.807, 2.05) is 12.1 Å². The standard InChI is InChI=1S/C51H32N2/c52-33-34-28-39(31-40(29-34)51-46-24-6-4-22-44(46)50(35-14-2-1-3-15-35)45-23-5-7-25-47(45)51)37-17-12-16-36(30-37)38-18-13-19-41(32-38)53-48-26-10-8-20-42(48)43-21-9-11-27-49(43)53/h1-32H. The molecule has 1 heterocycles. The molecule has 2 heteroatoms. The van der Waals surface area contributed by atoms with Crippen LogP contribution in [0.25, 0.3) is 93.5 Å². The van der Waals surface area contributed by atoms with Gasteiger partial charge in [-0.3, -0.25) is 0 Å². The zero-order valence-corrected chi connectivity index (χ0v) is 28.9. The monoisotopic (exact) mass is 672 g/mol. The fourth-order valence-corrected chi connectivity index (χ4v) is 8.26. The summed E-state index contributed by atoms with van der Waals surface area (Å²) in [4.78, 5) is 0. The minimum Gasteiger partial charge on any atom is -0.309 e. The van der Waals surface area contributed by atoms with E-state index < -0.39 is 0 Å². The number of nitrogens with zero attached hydrogens (tertiary/aromatic N) is 2. The zero-order valence-electron chi connectivity index (χ0n) is 28.9. The van der Waals surface area contributed by atoms with Crippen LogP contribution in [0.4, 0.5) is 0 Å². The Bertz CT molecular complexity index is 2960. The van der Waals surface area contributed by atoms with Gasteiger partial charge in [0.15, 0.2) is 0 Å². The first-order chi connectivity index (χ1) is 26.2. The van der Waals surface area contributed by atoms with Gasteiger partial charge in [-0.2, -0.15) is 5.26 Å². The van der Waals surface area contributed by atoms with Crippen molar-refractivity contribution in [3.63, 3.8) is 0 Å². The highest BCUT2D eigenvalue weighted by Gasteiger charge is 2.18. The van der Waals surface area contributed by atoms with Crippen LogP contribution in [0.3, 0.4) is 0 Å². The Morgan fingerprint density at radius 3 is 1.32 bits per heavy atom. The number of para-hydroxylation sites is 2. The molecule has 10 rings (SSSR count). The van der Waals surface area contributed by atoms with Gasteiger partial charge in [0.25, 0.3) is 0 Å². The summed E-state index contributed by atoms with van der Waals surface area (Å²) in [5.74, 6) is 0. The molecule has 0 spiro atoms. The SMILES string of the molecule is N#Cc1cc(-c2cccc(-c3cccc(-n4c5ccccc5c5ccccc54)c3)c2)cc(-c2c3ccccc3c(-c3ccccc3)c3ccccc23)c1. The summed E-state index contributed by atoms with van der Waals surface area (Å²) in [6.07, 6.45) is 0. The first kappa shape index (κ1) is 30.6. The van der Waals surface area contributed by atoms with Gasteiger partial charge in [-0.25, -0.2) is 0 Å². The predicted octanol–water partition coefficient (Wildman–Crippen LogP) is 13.6. The van der Waals surface area contributed by atoms with Crippen molar-refractivity contribution in [2.24, 2.45) is 0 Å². The van der Waals surface area contributed by atoms with Gasteiger partial charge >= 0.3 is 0 Å². The van der Waals surface area contributed by atoms with Crippen LogP contribution in [-0.4, -0.2) is 4.57 Å². The highest BCUT2D eigenvalue weighted by molar-refractivity contribution is 6.21. The van der Waals surface area contributed by atoms with Crippen LogP contribution in [0.5, 0.6) is 0 Å². The molecule has 10 aromatic rings. The smallest absolute Gasteiger partial charge is 0.0992 e. The van der Waals surface area contributed by atoms with Gasteiger partial charge in [-0.15, -0.1) is 0 Å². The molecule has 0 fully saturated rings. The second-order valence-corrected chi connectivity index (χ2v) is 13.6. The number of benzene rings is 9. The Labute approximate surface area is 308 Å². The molecule has 0 amide bonds. The fourth-order valence-electron chi connectivity index (χ4n) is 8.26. The third-order valence-electron chi connectivity index (χ3n) is 10.6. The summed E-state index contributed by atoms with van der Waals surface area (Å²) >= 11 is 0. The number of nitriles is 1. The van der Waals surface area contributed by atoms with Gasteiger partial charge in [0.05, 0.1) is 22.7 Å². The molecule has 0 saturated carbocycles. The normalized spacial score (nSPS) is 11.4. The van der Waals surface area contributed by atoms with Crippen LogP contribution in [0, 0.1) is 11.3 Å². The van der Waals surface area contributed by atoms with Crippen LogP contribution in [0.1, 0.15) is 5.56 Å². The minimum absolute atomic E-state index is 0.636. The van der Waals surface area contributed by atoms with Gasteiger partial charge < -0.3 is 4.57 Å². The van der Waals surface area contributed by atoms with E-state index in [1.165, 1.54) is 54.5 Å². The molecule has 53 heavy (non-hydrogen) atoms. The Hall–Kier alpha value is -7.21. The Morgan fingerprint density at radius 1 is 0.321 bits per heavy atom. The third-order valence-corrected chi connectivity index (χ3v) is 10.6. The maximum atomic E-state index is 10.4. The van der Waals surface area contributed by atoms with Crippen molar-refractivity contribution in [1.82, 2.24) is 4.57 Å². The van der Waals surface area contributed by atoms with Crippen molar-refractivity contribution in [3.05, 3.63) is 200 Å². The van der Waals surface area contributed by atoms with Crippen molar-refractivity contribution >= 4 is 43.4 Å². The third kappa shape index (κ3) is 5.10. The van der Waals surface area contributed by atoms with E-state index in [4.69, 9.17) is 0 Å². The highest BCUT2D eigenvalue weighted by atomic mass is 15.0. The van der Waals surface area contributed by atoms with Crippen molar-refractivity contribution in [1.29, 1.82) is 5.26 Å². The van der Waals surface area contributed by atoms with Gasteiger partial charge in [-0.05, 0) is 115 Å². The molecule has 0 unspecified atom stereocenters. The molecule has 1 aromatic heterocycles. The van der Waals surface area contributed by atoms with Crippen molar-refractivity contribution in [2.45, 2.75) is 0 Å². The molecular formula is C51H32N2. The lowest BCUT2D eigenvalue weighted by Gasteiger charge is -2.18. The zero-order chi connectivity index (χ0) is 35.3. The average Bonchev–Trinajstić information content (AvgIpc) is 3.57. The van der Waals surface area contributed by atoms with E-state index >= 15 is 0 Å². The summed E-state index contributed by atoms with van der Waals surface area (Å²) in [7, 11) is 0. The fraction of sp³-hybridized carbons (Fsp3) is 0. The Kier molecular flexibility index (Phi) is 7.23. The van der Waals surface area contributed by atoms with E-state index in [0.29, 0.717) is 5.56 Å². The molecule has 0 N–H and O–H groups in total. The lowest BCUT2D eigenvalue weighted by Crippen LogP contribution is -1.94. The van der Waals surface area contributed by atoms with Crippen LogP contribution in [-0.2, 0) is 0 Å². The molecule has 2 nitrogen and oxygen atoms in total. The lowest BCUT2D eigenvalue weighted by atomic mass is 9.85. The van der Waals surface area contributed by atoms with Crippen LogP contribution in [0.2, 0.25) is 0 Å². The highest BCUT2D eigenvalue weighted by Crippen LogP contribution is 2.44.